The Labute approximate surface area is 151 Å². The van der Waals surface area contributed by atoms with Gasteiger partial charge in [0.15, 0.2) is 0 Å². The third-order valence-corrected chi connectivity index (χ3v) is 5.18. The molecule has 2 aromatic rings. The molecule has 0 aromatic heterocycles. The molecule has 3 nitrogen and oxygen atoms in total. The van der Waals surface area contributed by atoms with Crippen molar-refractivity contribution in [1.29, 1.82) is 0 Å². The standard InChI is InChI=1S/C22H30N2O/c1-18(19-7-3-2-4-8-19)11-13-23-15-22(25)17-24-14-12-20-9-5-6-10-21(20)16-24/h2-10,18,22-23,25H,11-17H2,1H3. The number of aliphatic hydroxyl groups excluding tert-OH is 1. The highest BCUT2D eigenvalue weighted by Gasteiger charge is 2.18. The van der Waals surface area contributed by atoms with Crippen LogP contribution >= 0.6 is 0 Å². The molecule has 0 spiro atoms. The summed E-state index contributed by atoms with van der Waals surface area (Å²) in [5.41, 5.74) is 4.25. The van der Waals surface area contributed by atoms with E-state index in [-0.39, 0.29) is 6.10 Å². The molecule has 2 atom stereocenters. The summed E-state index contributed by atoms with van der Waals surface area (Å²) in [5.74, 6) is 0.546. The molecule has 0 saturated carbocycles. The van der Waals surface area contributed by atoms with Gasteiger partial charge in [0.2, 0.25) is 0 Å². The first-order chi connectivity index (χ1) is 12.2. The van der Waals surface area contributed by atoms with Gasteiger partial charge in [-0.3, -0.25) is 4.90 Å². The molecule has 0 radical (unpaired) electrons. The maximum absolute atomic E-state index is 10.3. The second-order valence-corrected chi connectivity index (χ2v) is 7.21. The maximum Gasteiger partial charge on any atom is 0.0791 e. The minimum absolute atomic E-state index is 0.308. The van der Waals surface area contributed by atoms with Crippen LogP contribution in [-0.4, -0.2) is 42.3 Å². The molecule has 0 amide bonds. The first-order valence-corrected chi connectivity index (χ1v) is 9.45. The van der Waals surface area contributed by atoms with Crippen LogP contribution < -0.4 is 5.32 Å². The lowest BCUT2D eigenvalue weighted by Gasteiger charge is -2.30. The van der Waals surface area contributed by atoms with Crippen molar-refractivity contribution in [1.82, 2.24) is 10.2 Å². The van der Waals surface area contributed by atoms with Gasteiger partial charge in [0, 0.05) is 26.2 Å². The third-order valence-electron chi connectivity index (χ3n) is 5.18. The summed E-state index contributed by atoms with van der Waals surface area (Å²) in [6.45, 7) is 6.61. The number of hydrogen-bond acceptors (Lipinski definition) is 3. The lowest BCUT2D eigenvalue weighted by Crippen LogP contribution is -2.41. The van der Waals surface area contributed by atoms with Gasteiger partial charge in [-0.1, -0.05) is 61.5 Å². The van der Waals surface area contributed by atoms with E-state index < -0.39 is 0 Å². The van der Waals surface area contributed by atoms with E-state index in [0.717, 1.165) is 39.0 Å². The summed E-state index contributed by atoms with van der Waals surface area (Å²) in [6, 6.07) is 19.3. The van der Waals surface area contributed by atoms with Gasteiger partial charge in [0.25, 0.3) is 0 Å². The summed E-state index contributed by atoms with van der Waals surface area (Å²) in [5, 5.41) is 13.7. The van der Waals surface area contributed by atoms with Crippen molar-refractivity contribution in [3.8, 4) is 0 Å². The molecule has 0 fully saturated rings. The summed E-state index contributed by atoms with van der Waals surface area (Å²) in [7, 11) is 0. The van der Waals surface area contributed by atoms with Crippen LogP contribution in [0.1, 0.15) is 36.0 Å². The van der Waals surface area contributed by atoms with Crippen LogP contribution in [0, 0.1) is 0 Å². The second-order valence-electron chi connectivity index (χ2n) is 7.21. The summed E-state index contributed by atoms with van der Waals surface area (Å²) in [4.78, 5) is 2.36. The van der Waals surface area contributed by atoms with Gasteiger partial charge in [0.05, 0.1) is 6.10 Å². The number of hydrogen-bond donors (Lipinski definition) is 2. The first-order valence-electron chi connectivity index (χ1n) is 9.45. The molecule has 3 heteroatoms. The molecule has 2 aromatic carbocycles. The number of nitrogens with one attached hydrogen (secondary N) is 1. The maximum atomic E-state index is 10.3. The largest absolute Gasteiger partial charge is 0.390 e. The van der Waals surface area contributed by atoms with Gasteiger partial charge >= 0.3 is 0 Å². The molecule has 3 rings (SSSR count). The fourth-order valence-electron chi connectivity index (χ4n) is 3.61. The van der Waals surface area contributed by atoms with Gasteiger partial charge in [-0.25, -0.2) is 0 Å². The molecule has 2 unspecified atom stereocenters. The minimum Gasteiger partial charge on any atom is -0.390 e. The molecule has 1 aliphatic heterocycles. The molecule has 134 valence electrons. The van der Waals surface area contributed by atoms with Crippen LogP contribution in [0.5, 0.6) is 0 Å². The van der Waals surface area contributed by atoms with E-state index >= 15 is 0 Å². The van der Waals surface area contributed by atoms with Crippen molar-refractivity contribution in [2.75, 3.05) is 26.2 Å². The zero-order valence-electron chi connectivity index (χ0n) is 15.2. The van der Waals surface area contributed by atoms with Crippen molar-refractivity contribution in [3.63, 3.8) is 0 Å². The van der Waals surface area contributed by atoms with Gasteiger partial charge in [-0.05, 0) is 42.0 Å². The smallest absolute Gasteiger partial charge is 0.0791 e. The van der Waals surface area contributed by atoms with Crippen molar-refractivity contribution in [3.05, 3.63) is 71.3 Å². The average Bonchev–Trinajstić information content (AvgIpc) is 2.65. The van der Waals surface area contributed by atoms with Crippen LogP contribution in [-0.2, 0) is 13.0 Å². The average molecular weight is 338 g/mol. The molecule has 25 heavy (non-hydrogen) atoms. The number of rotatable bonds is 8. The van der Waals surface area contributed by atoms with E-state index in [4.69, 9.17) is 0 Å². The lowest BCUT2D eigenvalue weighted by molar-refractivity contribution is 0.104. The van der Waals surface area contributed by atoms with E-state index in [0.29, 0.717) is 12.5 Å². The first kappa shape index (κ1) is 18.1. The van der Waals surface area contributed by atoms with Gasteiger partial charge in [-0.2, -0.15) is 0 Å². The number of nitrogens with zero attached hydrogens (tertiary/aromatic N) is 1. The van der Waals surface area contributed by atoms with Crippen molar-refractivity contribution >= 4 is 0 Å². The summed E-state index contributed by atoms with van der Waals surface area (Å²) < 4.78 is 0. The minimum atomic E-state index is -0.308. The fraction of sp³-hybridized carbons (Fsp3) is 0.455. The topological polar surface area (TPSA) is 35.5 Å². The number of β-amino-alcohol motifs (C(OH)–C–C–N with tert-alkyl or cyclic N) is 1. The van der Waals surface area contributed by atoms with Crippen LogP contribution in [0.3, 0.4) is 0 Å². The quantitative estimate of drug-likeness (QED) is 0.726. The van der Waals surface area contributed by atoms with E-state index in [1.54, 1.807) is 0 Å². The summed E-state index contributed by atoms with van der Waals surface area (Å²) >= 11 is 0. The monoisotopic (exact) mass is 338 g/mol. The molecular formula is C22H30N2O. The van der Waals surface area contributed by atoms with Gasteiger partial charge in [-0.15, -0.1) is 0 Å². The van der Waals surface area contributed by atoms with Crippen molar-refractivity contribution in [2.24, 2.45) is 0 Å². The highest BCUT2D eigenvalue weighted by molar-refractivity contribution is 5.29. The molecule has 1 heterocycles. The van der Waals surface area contributed by atoms with E-state index in [1.165, 1.54) is 16.7 Å². The predicted molar refractivity (Wildman–Crippen MR) is 104 cm³/mol. The highest BCUT2D eigenvalue weighted by Crippen LogP contribution is 2.19. The normalized spacial score (nSPS) is 17.0. The fourth-order valence-corrected chi connectivity index (χ4v) is 3.61. The van der Waals surface area contributed by atoms with Crippen LogP contribution in [0.2, 0.25) is 0 Å². The predicted octanol–water partition coefficient (Wildman–Crippen LogP) is 3.19. The summed E-state index contributed by atoms with van der Waals surface area (Å²) in [6.07, 6.45) is 1.87. The van der Waals surface area contributed by atoms with Crippen LogP contribution in [0.15, 0.2) is 54.6 Å². The van der Waals surface area contributed by atoms with Crippen LogP contribution in [0.25, 0.3) is 0 Å². The van der Waals surface area contributed by atoms with Crippen molar-refractivity contribution < 1.29 is 5.11 Å². The molecule has 1 aliphatic rings. The Balaban J connectivity index is 1.34. The Kier molecular flexibility index (Phi) is 6.62. The van der Waals surface area contributed by atoms with E-state index in [2.05, 4.69) is 71.7 Å². The van der Waals surface area contributed by atoms with Gasteiger partial charge < -0.3 is 10.4 Å². The van der Waals surface area contributed by atoms with E-state index in [9.17, 15) is 5.11 Å². The molecular weight excluding hydrogens is 308 g/mol. The Hall–Kier alpha value is -1.68. The lowest BCUT2D eigenvalue weighted by atomic mass is 9.98. The van der Waals surface area contributed by atoms with Crippen LogP contribution in [0.4, 0.5) is 0 Å². The van der Waals surface area contributed by atoms with Gasteiger partial charge in [0.1, 0.15) is 0 Å². The number of aliphatic hydroxyl groups is 1. The molecule has 2 N–H and O–H groups in total. The highest BCUT2D eigenvalue weighted by atomic mass is 16.3. The zero-order chi connectivity index (χ0) is 17.5. The zero-order valence-corrected chi connectivity index (χ0v) is 15.2. The Morgan fingerprint density at radius 3 is 2.56 bits per heavy atom. The molecule has 0 saturated heterocycles. The Morgan fingerprint density at radius 2 is 1.76 bits per heavy atom. The Morgan fingerprint density at radius 1 is 1.04 bits per heavy atom. The number of fused-ring (bicyclic) bond motifs is 1. The SMILES string of the molecule is CC(CCNCC(O)CN1CCc2ccccc2C1)c1ccccc1. The molecule has 0 bridgehead atoms. The van der Waals surface area contributed by atoms with Crippen molar-refractivity contribution in [2.45, 2.75) is 38.3 Å². The Bertz CT molecular complexity index is 643. The number of benzene rings is 2. The molecule has 0 aliphatic carbocycles. The third kappa shape index (κ3) is 5.40. The van der Waals surface area contributed by atoms with E-state index in [1.807, 2.05) is 0 Å². The second kappa shape index (κ2) is 9.14.